The fourth-order valence-corrected chi connectivity index (χ4v) is 3.58. The Balaban J connectivity index is 2.31. The molecule has 1 N–H and O–H groups in total. The van der Waals surface area contributed by atoms with Crippen molar-refractivity contribution in [1.29, 1.82) is 0 Å². The molecule has 102 valence electrons. The van der Waals surface area contributed by atoms with Crippen LogP contribution >= 0.6 is 11.3 Å². The zero-order valence-corrected chi connectivity index (χ0v) is 12.3. The van der Waals surface area contributed by atoms with E-state index in [0.29, 0.717) is 12.2 Å². The Kier molecular flexibility index (Phi) is 4.18. The predicted octanol–water partition coefficient (Wildman–Crippen LogP) is 2.01. The molecule has 2 aromatic rings. The van der Waals surface area contributed by atoms with E-state index in [9.17, 15) is 8.42 Å². The van der Waals surface area contributed by atoms with E-state index in [2.05, 4.69) is 10.3 Å². The topological polar surface area (TPSA) is 62.3 Å². The molecular weight excluding hydrogens is 282 g/mol. The number of hydrogen-bond donors (Lipinski definition) is 1. The minimum Gasteiger partial charge on any atom is -0.386 e. The van der Waals surface area contributed by atoms with Crippen LogP contribution in [0.2, 0.25) is 0 Å². The summed E-state index contributed by atoms with van der Waals surface area (Å²) >= 11 is 1.55. The number of nitrogens with zero attached hydrogens (tertiary/aromatic N) is 2. The third-order valence-electron chi connectivity index (χ3n) is 2.68. The van der Waals surface area contributed by atoms with Crippen molar-refractivity contribution < 1.29 is 8.42 Å². The molecule has 7 heteroatoms. The summed E-state index contributed by atoms with van der Waals surface area (Å²) in [6.45, 7) is 0.339. The van der Waals surface area contributed by atoms with E-state index in [4.69, 9.17) is 0 Å². The molecule has 0 aromatic carbocycles. The van der Waals surface area contributed by atoms with Crippen LogP contribution in [-0.2, 0) is 16.6 Å². The van der Waals surface area contributed by atoms with E-state index in [1.807, 2.05) is 16.8 Å². The summed E-state index contributed by atoms with van der Waals surface area (Å²) in [5.41, 5.74) is 1.47. The Bertz CT molecular complexity index is 639. The van der Waals surface area contributed by atoms with Crippen LogP contribution in [0.15, 0.2) is 40.2 Å². The number of hydrogen-bond acceptors (Lipinski definition) is 5. The first-order valence-electron chi connectivity index (χ1n) is 5.66. The average molecular weight is 297 g/mol. The number of pyridine rings is 1. The standard InChI is InChI=1S/C12H15N3O2S2/c1-13-11-4-3-6-14-12(11)19(16,17)15(2)8-10-5-7-18-9-10/h3-7,9,13H,8H2,1-2H3. The summed E-state index contributed by atoms with van der Waals surface area (Å²) in [5.74, 6) is 0. The fraction of sp³-hybridized carbons (Fsp3) is 0.250. The smallest absolute Gasteiger partial charge is 0.262 e. The lowest BCUT2D eigenvalue weighted by Gasteiger charge is -2.17. The van der Waals surface area contributed by atoms with Gasteiger partial charge in [0.2, 0.25) is 0 Å². The van der Waals surface area contributed by atoms with Gasteiger partial charge in [0.25, 0.3) is 10.0 Å². The molecule has 2 aromatic heterocycles. The normalized spacial score (nSPS) is 11.7. The highest BCUT2D eigenvalue weighted by molar-refractivity contribution is 7.89. The van der Waals surface area contributed by atoms with E-state index in [0.717, 1.165) is 5.56 Å². The van der Waals surface area contributed by atoms with Gasteiger partial charge in [-0.3, -0.25) is 0 Å². The third kappa shape index (κ3) is 2.94. The maximum Gasteiger partial charge on any atom is 0.262 e. The van der Waals surface area contributed by atoms with Crippen LogP contribution in [0.3, 0.4) is 0 Å². The number of aromatic nitrogens is 1. The molecule has 0 aliphatic rings. The van der Waals surface area contributed by atoms with Gasteiger partial charge < -0.3 is 5.32 Å². The second-order valence-corrected chi connectivity index (χ2v) is 6.74. The number of thiophene rings is 1. The van der Waals surface area contributed by atoms with Crippen LogP contribution < -0.4 is 5.32 Å². The monoisotopic (exact) mass is 297 g/mol. The zero-order chi connectivity index (χ0) is 13.9. The Morgan fingerprint density at radius 2 is 2.21 bits per heavy atom. The van der Waals surface area contributed by atoms with Gasteiger partial charge in [-0.1, -0.05) is 0 Å². The molecule has 0 unspecified atom stereocenters. The van der Waals surface area contributed by atoms with Gasteiger partial charge in [-0.25, -0.2) is 13.4 Å². The molecule has 19 heavy (non-hydrogen) atoms. The van der Waals surface area contributed by atoms with Crippen molar-refractivity contribution in [2.75, 3.05) is 19.4 Å². The molecule has 0 bridgehead atoms. The predicted molar refractivity (Wildman–Crippen MR) is 76.8 cm³/mol. The second kappa shape index (κ2) is 5.68. The van der Waals surface area contributed by atoms with Crippen molar-refractivity contribution >= 4 is 27.0 Å². The van der Waals surface area contributed by atoms with E-state index in [1.54, 1.807) is 37.6 Å². The highest BCUT2D eigenvalue weighted by Crippen LogP contribution is 2.22. The summed E-state index contributed by atoms with van der Waals surface area (Å²) in [5, 5.41) is 6.76. The number of nitrogens with one attached hydrogen (secondary N) is 1. The first-order chi connectivity index (χ1) is 9.05. The fourth-order valence-electron chi connectivity index (χ4n) is 1.66. The van der Waals surface area contributed by atoms with Crippen LogP contribution in [-0.4, -0.2) is 31.8 Å². The summed E-state index contributed by atoms with van der Waals surface area (Å²) in [7, 11) is -0.361. The minimum atomic E-state index is -3.59. The molecule has 0 saturated heterocycles. The highest BCUT2D eigenvalue weighted by atomic mass is 32.2. The summed E-state index contributed by atoms with van der Waals surface area (Å²) in [4.78, 5) is 3.98. The van der Waals surface area contributed by atoms with Crippen molar-refractivity contribution in [2.45, 2.75) is 11.6 Å². The molecule has 0 amide bonds. The molecule has 0 spiro atoms. The van der Waals surface area contributed by atoms with E-state index >= 15 is 0 Å². The van der Waals surface area contributed by atoms with Crippen LogP contribution in [0.1, 0.15) is 5.56 Å². The van der Waals surface area contributed by atoms with Gasteiger partial charge in [0.15, 0.2) is 5.03 Å². The highest BCUT2D eigenvalue weighted by Gasteiger charge is 2.25. The molecule has 0 atom stereocenters. The summed E-state index contributed by atoms with van der Waals surface area (Å²) in [6, 6.07) is 5.30. The molecule has 5 nitrogen and oxygen atoms in total. The van der Waals surface area contributed by atoms with Gasteiger partial charge in [0, 0.05) is 26.8 Å². The average Bonchev–Trinajstić information content (AvgIpc) is 2.91. The lowest BCUT2D eigenvalue weighted by molar-refractivity contribution is 0.464. The minimum absolute atomic E-state index is 0.0511. The Morgan fingerprint density at radius 3 is 2.84 bits per heavy atom. The quantitative estimate of drug-likeness (QED) is 0.917. The third-order valence-corrected chi connectivity index (χ3v) is 5.18. The number of anilines is 1. The van der Waals surface area contributed by atoms with Gasteiger partial charge in [-0.15, -0.1) is 0 Å². The van der Waals surface area contributed by atoms with Gasteiger partial charge >= 0.3 is 0 Å². The molecule has 0 fully saturated rings. The van der Waals surface area contributed by atoms with Gasteiger partial charge in [-0.05, 0) is 34.5 Å². The van der Waals surface area contributed by atoms with Gasteiger partial charge in [0.1, 0.15) is 0 Å². The Hall–Kier alpha value is -1.44. The van der Waals surface area contributed by atoms with Crippen LogP contribution in [0.5, 0.6) is 0 Å². The number of rotatable bonds is 5. The Labute approximate surface area is 117 Å². The van der Waals surface area contributed by atoms with Gasteiger partial charge in [-0.2, -0.15) is 15.6 Å². The largest absolute Gasteiger partial charge is 0.386 e. The van der Waals surface area contributed by atoms with Crippen molar-refractivity contribution in [2.24, 2.45) is 0 Å². The first-order valence-corrected chi connectivity index (χ1v) is 8.04. The lowest BCUT2D eigenvalue weighted by Crippen LogP contribution is -2.27. The molecule has 0 radical (unpaired) electrons. The van der Waals surface area contributed by atoms with E-state index in [-0.39, 0.29) is 5.03 Å². The first kappa shape index (κ1) is 14.0. The summed E-state index contributed by atoms with van der Waals surface area (Å²) < 4.78 is 26.2. The molecule has 0 aliphatic carbocycles. The molecular formula is C12H15N3O2S2. The van der Waals surface area contributed by atoms with E-state index in [1.165, 1.54) is 10.5 Å². The van der Waals surface area contributed by atoms with Crippen LogP contribution in [0.25, 0.3) is 0 Å². The maximum atomic E-state index is 12.5. The van der Waals surface area contributed by atoms with Crippen molar-refractivity contribution in [3.8, 4) is 0 Å². The molecule has 0 saturated carbocycles. The van der Waals surface area contributed by atoms with Crippen LogP contribution in [0.4, 0.5) is 5.69 Å². The summed E-state index contributed by atoms with van der Waals surface area (Å²) in [6.07, 6.45) is 1.48. The second-order valence-electron chi connectivity index (χ2n) is 4.00. The van der Waals surface area contributed by atoms with E-state index < -0.39 is 10.0 Å². The zero-order valence-electron chi connectivity index (χ0n) is 10.7. The molecule has 0 aliphatic heterocycles. The lowest BCUT2D eigenvalue weighted by atomic mass is 10.3. The van der Waals surface area contributed by atoms with Crippen molar-refractivity contribution in [1.82, 2.24) is 9.29 Å². The number of sulfonamides is 1. The Morgan fingerprint density at radius 1 is 1.42 bits per heavy atom. The maximum absolute atomic E-state index is 12.5. The van der Waals surface area contributed by atoms with Gasteiger partial charge in [0.05, 0.1) is 5.69 Å². The van der Waals surface area contributed by atoms with Crippen molar-refractivity contribution in [3.63, 3.8) is 0 Å². The van der Waals surface area contributed by atoms with Crippen molar-refractivity contribution in [3.05, 3.63) is 40.7 Å². The SMILES string of the molecule is CNc1cccnc1S(=O)(=O)N(C)Cc1ccsc1. The van der Waals surface area contributed by atoms with Crippen LogP contribution in [0, 0.1) is 0 Å². The molecule has 2 rings (SSSR count). The molecule has 2 heterocycles.